The predicted octanol–water partition coefficient (Wildman–Crippen LogP) is 2.40. The topological polar surface area (TPSA) is 126 Å². The van der Waals surface area contributed by atoms with E-state index in [0.717, 1.165) is 31.2 Å². The maximum absolute atomic E-state index is 13.1. The van der Waals surface area contributed by atoms with Gasteiger partial charge in [-0.15, -0.1) is 0 Å². The van der Waals surface area contributed by atoms with Gasteiger partial charge in [0.15, 0.2) is 0 Å². The molecular weight excluding hydrogens is 453 g/mol. The summed E-state index contributed by atoms with van der Waals surface area (Å²) in [5.41, 5.74) is 2.25. The number of hydrogen-bond acceptors (Lipinski definition) is 7. The van der Waals surface area contributed by atoms with Gasteiger partial charge in [0.2, 0.25) is 5.91 Å². The third-order valence-corrected chi connectivity index (χ3v) is 6.45. The monoisotopic (exact) mass is 483 g/mol. The number of nitrogens with one attached hydrogen (secondary N) is 2. The highest BCUT2D eigenvalue weighted by atomic mass is 19.1. The van der Waals surface area contributed by atoms with Crippen molar-refractivity contribution in [3.05, 3.63) is 58.9 Å². The van der Waals surface area contributed by atoms with E-state index in [1.54, 1.807) is 25.1 Å². The average Bonchev–Trinajstić information content (AvgIpc) is 3.34. The average molecular weight is 484 g/mol. The van der Waals surface area contributed by atoms with Crippen LogP contribution in [0.1, 0.15) is 66.6 Å². The first-order valence-electron chi connectivity index (χ1n) is 11.9. The maximum Gasteiger partial charge on any atom is 0.270 e. The van der Waals surface area contributed by atoms with E-state index in [4.69, 9.17) is 4.84 Å². The molecule has 10 heteroatoms. The molecule has 3 N–H and O–H groups in total. The largest absolute Gasteiger partial charge is 0.391 e. The Bertz CT molecular complexity index is 1100. The third-order valence-electron chi connectivity index (χ3n) is 6.45. The lowest BCUT2D eigenvalue weighted by atomic mass is 9.81. The zero-order valence-corrected chi connectivity index (χ0v) is 19.8. The van der Waals surface area contributed by atoms with Crippen molar-refractivity contribution in [3.63, 3.8) is 0 Å². The van der Waals surface area contributed by atoms with Crippen LogP contribution in [0.25, 0.3) is 0 Å². The molecule has 1 aliphatic carbocycles. The molecule has 0 saturated heterocycles. The molecule has 0 bridgehead atoms. The Morgan fingerprint density at radius 3 is 2.57 bits per heavy atom. The zero-order valence-electron chi connectivity index (χ0n) is 19.8. The number of aromatic nitrogens is 2. The van der Waals surface area contributed by atoms with Crippen molar-refractivity contribution >= 4 is 17.5 Å². The molecular formula is C25H30FN5O4. The normalized spacial score (nSPS) is 22.6. The Kier molecular flexibility index (Phi) is 7.70. The first-order chi connectivity index (χ1) is 16.8. The zero-order chi connectivity index (χ0) is 24.9. The van der Waals surface area contributed by atoms with Crippen LogP contribution in [0.3, 0.4) is 0 Å². The van der Waals surface area contributed by atoms with Gasteiger partial charge in [0.25, 0.3) is 5.91 Å². The summed E-state index contributed by atoms with van der Waals surface area (Å²) in [4.78, 5) is 38.8. The van der Waals surface area contributed by atoms with Crippen molar-refractivity contribution in [1.82, 2.24) is 20.6 Å². The molecule has 1 saturated carbocycles. The number of aliphatic hydroxyl groups excluding tert-OH is 1. The predicted molar refractivity (Wildman–Crippen MR) is 126 cm³/mol. The number of halogens is 1. The molecule has 2 heterocycles. The molecule has 9 nitrogen and oxygen atoms in total. The lowest BCUT2D eigenvalue weighted by Gasteiger charge is -2.31. The van der Waals surface area contributed by atoms with Crippen LogP contribution in [-0.2, 0) is 16.2 Å². The highest BCUT2D eigenvalue weighted by Gasteiger charge is 2.34. The molecule has 2 aliphatic rings. The summed E-state index contributed by atoms with van der Waals surface area (Å²) in [7, 11) is 0. The van der Waals surface area contributed by atoms with E-state index in [9.17, 15) is 19.1 Å². The number of aliphatic hydroxyl groups is 1. The fourth-order valence-electron chi connectivity index (χ4n) is 4.46. The van der Waals surface area contributed by atoms with Gasteiger partial charge in [-0.25, -0.2) is 14.4 Å². The van der Waals surface area contributed by atoms with Gasteiger partial charge in [0.1, 0.15) is 35.3 Å². The summed E-state index contributed by atoms with van der Waals surface area (Å²) in [5, 5.41) is 19.3. The van der Waals surface area contributed by atoms with E-state index in [1.807, 2.05) is 0 Å². The van der Waals surface area contributed by atoms with Crippen LogP contribution in [0, 0.1) is 18.7 Å². The molecule has 35 heavy (non-hydrogen) atoms. The SMILES string of the molecule is Cc1nc(C(=O)NCc2ccc(F)cc2)cc(C2=NOC(C3CCC(NC(=O)C(C)O)CC3)C2)n1. The van der Waals surface area contributed by atoms with Crippen LogP contribution in [-0.4, -0.2) is 50.9 Å². The number of hydrogen-bond donors (Lipinski definition) is 3. The second-order valence-electron chi connectivity index (χ2n) is 9.18. The summed E-state index contributed by atoms with van der Waals surface area (Å²) in [6, 6.07) is 7.61. The molecule has 2 unspecified atom stereocenters. The number of amides is 2. The van der Waals surface area contributed by atoms with Crippen LogP contribution >= 0.6 is 0 Å². The summed E-state index contributed by atoms with van der Waals surface area (Å²) in [6.45, 7) is 3.43. The van der Waals surface area contributed by atoms with Crippen LogP contribution < -0.4 is 10.6 Å². The third kappa shape index (κ3) is 6.39. The highest BCUT2D eigenvalue weighted by molar-refractivity contribution is 6.01. The van der Waals surface area contributed by atoms with Gasteiger partial charge >= 0.3 is 0 Å². The molecule has 2 atom stereocenters. The lowest BCUT2D eigenvalue weighted by Crippen LogP contribution is -2.43. The van der Waals surface area contributed by atoms with Gasteiger partial charge in [-0.05, 0) is 69.2 Å². The van der Waals surface area contributed by atoms with E-state index in [2.05, 4.69) is 25.8 Å². The minimum Gasteiger partial charge on any atom is -0.391 e. The molecule has 186 valence electrons. The van der Waals surface area contributed by atoms with Crippen LogP contribution in [0.15, 0.2) is 35.5 Å². The molecule has 4 rings (SSSR count). The Hall–Kier alpha value is -3.40. The molecule has 1 aliphatic heterocycles. The van der Waals surface area contributed by atoms with E-state index in [0.29, 0.717) is 29.6 Å². The van der Waals surface area contributed by atoms with Crippen LogP contribution in [0.4, 0.5) is 4.39 Å². The Labute approximate surface area is 203 Å². The minimum atomic E-state index is -1.01. The number of oxime groups is 1. The fourth-order valence-corrected chi connectivity index (χ4v) is 4.46. The number of benzene rings is 1. The standard InChI is InChI=1S/C25H30FN5O4/c1-14(32)24(33)30-19-9-5-17(6-10-19)23-12-21(31-35-23)20-11-22(29-15(2)28-20)25(34)27-13-16-3-7-18(26)8-4-16/h3-4,7-8,11,14,17,19,23,32H,5-6,9-10,12-13H2,1-2H3,(H,27,34)(H,30,33). The quantitative estimate of drug-likeness (QED) is 0.555. The molecule has 1 aromatic heterocycles. The molecule has 0 radical (unpaired) electrons. The second-order valence-corrected chi connectivity index (χ2v) is 9.18. The number of carbonyl (C=O) groups excluding carboxylic acids is 2. The van der Waals surface area contributed by atoms with Crippen molar-refractivity contribution < 1.29 is 23.9 Å². The molecule has 0 spiro atoms. The van der Waals surface area contributed by atoms with E-state index in [-0.39, 0.29) is 42.0 Å². The molecule has 1 fully saturated rings. The summed E-state index contributed by atoms with van der Waals surface area (Å²) < 4.78 is 13.1. The summed E-state index contributed by atoms with van der Waals surface area (Å²) in [6.07, 6.45) is 2.92. The maximum atomic E-state index is 13.1. The van der Waals surface area contributed by atoms with E-state index < -0.39 is 6.10 Å². The van der Waals surface area contributed by atoms with Crippen LogP contribution in [0.5, 0.6) is 0 Å². The Morgan fingerprint density at radius 2 is 1.89 bits per heavy atom. The summed E-state index contributed by atoms with van der Waals surface area (Å²) in [5.74, 6) is -0.264. The lowest BCUT2D eigenvalue weighted by molar-refractivity contribution is -0.129. The number of aryl methyl sites for hydroxylation is 1. The van der Waals surface area contributed by atoms with Crippen molar-refractivity contribution in [2.24, 2.45) is 11.1 Å². The van der Waals surface area contributed by atoms with Crippen molar-refractivity contribution in [3.8, 4) is 0 Å². The fraction of sp³-hybridized carbons (Fsp3) is 0.480. The van der Waals surface area contributed by atoms with Gasteiger partial charge in [-0.3, -0.25) is 9.59 Å². The van der Waals surface area contributed by atoms with Crippen molar-refractivity contribution in [2.75, 3.05) is 0 Å². The number of rotatable bonds is 7. The van der Waals surface area contributed by atoms with Gasteiger partial charge < -0.3 is 20.6 Å². The van der Waals surface area contributed by atoms with Gasteiger partial charge in [-0.2, -0.15) is 0 Å². The number of carbonyl (C=O) groups is 2. The smallest absolute Gasteiger partial charge is 0.270 e. The highest BCUT2D eigenvalue weighted by Crippen LogP contribution is 2.33. The number of nitrogens with zero attached hydrogens (tertiary/aromatic N) is 3. The minimum absolute atomic E-state index is 0.0654. The molecule has 2 amide bonds. The second kappa shape index (κ2) is 10.9. The first-order valence-corrected chi connectivity index (χ1v) is 11.9. The van der Waals surface area contributed by atoms with E-state index >= 15 is 0 Å². The van der Waals surface area contributed by atoms with Crippen molar-refractivity contribution in [1.29, 1.82) is 0 Å². The first kappa shape index (κ1) is 24.7. The Morgan fingerprint density at radius 1 is 1.17 bits per heavy atom. The van der Waals surface area contributed by atoms with E-state index in [1.165, 1.54) is 19.1 Å². The van der Waals surface area contributed by atoms with Gasteiger partial charge in [0.05, 0.1) is 5.69 Å². The summed E-state index contributed by atoms with van der Waals surface area (Å²) >= 11 is 0. The van der Waals surface area contributed by atoms with Gasteiger partial charge in [-0.1, -0.05) is 17.3 Å². The Balaban J connectivity index is 1.32. The van der Waals surface area contributed by atoms with Crippen LogP contribution in [0.2, 0.25) is 0 Å². The van der Waals surface area contributed by atoms with Gasteiger partial charge in [0, 0.05) is 19.0 Å². The van der Waals surface area contributed by atoms with Crippen molar-refractivity contribution in [2.45, 2.75) is 70.7 Å². The molecule has 1 aromatic carbocycles. The molecule has 2 aromatic rings.